The van der Waals surface area contributed by atoms with Crippen molar-refractivity contribution in [2.45, 2.75) is 92.8 Å². The molecule has 0 spiro atoms. The lowest BCUT2D eigenvalue weighted by molar-refractivity contribution is -0.205. The molecule has 1 heterocycles. The van der Waals surface area contributed by atoms with Crippen LogP contribution in [0.1, 0.15) is 83.4 Å². The maximum atomic E-state index is 12.4. The fourth-order valence-electron chi connectivity index (χ4n) is 3.83. The number of rotatable bonds is 10. The Hall–Kier alpha value is -1.59. The van der Waals surface area contributed by atoms with E-state index in [1.54, 1.807) is 0 Å². The maximum Gasteiger partial charge on any atom is 0.306 e. The molecule has 1 saturated heterocycles. The molecule has 1 fully saturated rings. The van der Waals surface area contributed by atoms with Crippen molar-refractivity contribution in [2.75, 3.05) is 19.8 Å². The van der Waals surface area contributed by atoms with Gasteiger partial charge < -0.3 is 19.3 Å². The predicted molar refractivity (Wildman–Crippen MR) is 123 cm³/mol. The van der Waals surface area contributed by atoms with E-state index < -0.39 is 5.41 Å². The zero-order valence-electron chi connectivity index (χ0n) is 20.4. The van der Waals surface area contributed by atoms with E-state index in [1.165, 1.54) is 0 Å². The topological polar surface area (TPSA) is 65.0 Å². The lowest BCUT2D eigenvalue weighted by atomic mass is 9.85. The zero-order chi connectivity index (χ0) is 23.1. The molecule has 2 atom stereocenters. The summed E-state index contributed by atoms with van der Waals surface area (Å²) in [6, 6.07) is 3.98. The molecule has 176 valence electrons. The molecule has 0 amide bonds. The second-order valence-corrected chi connectivity index (χ2v) is 10.1. The molecular formula is C26H42O5. The Labute approximate surface area is 188 Å². The number of aryl methyl sites for hydroxylation is 3. The van der Waals surface area contributed by atoms with E-state index in [0.29, 0.717) is 31.8 Å². The first kappa shape index (κ1) is 25.7. The van der Waals surface area contributed by atoms with E-state index in [9.17, 15) is 9.90 Å². The van der Waals surface area contributed by atoms with Crippen molar-refractivity contribution in [3.8, 4) is 5.75 Å². The highest BCUT2D eigenvalue weighted by molar-refractivity contribution is 5.69. The Morgan fingerprint density at radius 2 is 2.00 bits per heavy atom. The van der Waals surface area contributed by atoms with Gasteiger partial charge in [0.25, 0.3) is 0 Å². The highest BCUT2D eigenvalue weighted by atomic mass is 16.7. The van der Waals surface area contributed by atoms with Crippen LogP contribution in [0, 0.1) is 17.8 Å². The van der Waals surface area contributed by atoms with Crippen molar-refractivity contribution in [1.29, 1.82) is 0 Å². The lowest BCUT2D eigenvalue weighted by Gasteiger charge is -2.33. The highest BCUT2D eigenvalue weighted by Gasteiger charge is 2.37. The van der Waals surface area contributed by atoms with Gasteiger partial charge in [-0.15, -0.1) is 0 Å². The quantitative estimate of drug-likeness (QED) is 0.477. The van der Waals surface area contributed by atoms with Crippen molar-refractivity contribution in [1.82, 2.24) is 0 Å². The molecule has 1 aliphatic heterocycles. The summed E-state index contributed by atoms with van der Waals surface area (Å²) in [6.45, 7) is 14.1. The predicted octanol–water partition coefficient (Wildman–Crippen LogP) is 5.72. The van der Waals surface area contributed by atoms with Gasteiger partial charge in [-0.05, 0) is 61.1 Å². The molecular weight excluding hydrogens is 392 g/mol. The molecule has 2 unspecified atom stereocenters. The molecule has 1 aromatic rings. The number of carbonyl (C=O) groups is 1. The Morgan fingerprint density at radius 1 is 1.26 bits per heavy atom. The summed E-state index contributed by atoms with van der Waals surface area (Å²) in [5.41, 5.74) is 2.61. The molecule has 0 aliphatic carbocycles. The number of unbranched alkanes of at least 4 members (excludes halogenated alkanes) is 1. The van der Waals surface area contributed by atoms with Gasteiger partial charge in [-0.1, -0.05) is 53.2 Å². The minimum absolute atomic E-state index is 0.139. The average Bonchev–Trinajstić information content (AvgIpc) is 2.95. The standard InChI is InChI=1S/C26H42O5/c1-7-9-10-21-16-20(15-19(3)23(21)28)11-12-22(27)30-17-25(4,5)24-29-14-13-26(6,8-2)18-31-24/h15-16,24,28H,7-14,17-18H2,1-6H3. The molecule has 5 heteroatoms. The SMILES string of the molecule is CCCCc1cc(CCC(=O)OCC(C)(C)C2OCCC(C)(CC)CO2)cc(C)c1O. The van der Waals surface area contributed by atoms with Gasteiger partial charge in [0.15, 0.2) is 6.29 Å². The van der Waals surface area contributed by atoms with Crippen molar-refractivity contribution < 1.29 is 24.1 Å². The van der Waals surface area contributed by atoms with Crippen LogP contribution < -0.4 is 0 Å². The summed E-state index contributed by atoms with van der Waals surface area (Å²) >= 11 is 0. The molecule has 0 radical (unpaired) electrons. The van der Waals surface area contributed by atoms with Gasteiger partial charge in [-0.3, -0.25) is 4.79 Å². The fraction of sp³-hybridized carbons (Fsp3) is 0.731. The van der Waals surface area contributed by atoms with Crippen LogP contribution in [0.2, 0.25) is 0 Å². The Kier molecular flexibility index (Phi) is 9.38. The van der Waals surface area contributed by atoms with E-state index >= 15 is 0 Å². The summed E-state index contributed by atoms with van der Waals surface area (Å²) in [5, 5.41) is 10.3. The Bertz CT molecular complexity index is 727. The first-order valence-corrected chi connectivity index (χ1v) is 11.8. The smallest absolute Gasteiger partial charge is 0.306 e. The van der Waals surface area contributed by atoms with Gasteiger partial charge in [-0.2, -0.15) is 0 Å². The fourth-order valence-corrected chi connectivity index (χ4v) is 3.83. The Morgan fingerprint density at radius 3 is 2.68 bits per heavy atom. The van der Waals surface area contributed by atoms with Gasteiger partial charge in [0, 0.05) is 11.8 Å². The van der Waals surface area contributed by atoms with Crippen molar-refractivity contribution >= 4 is 5.97 Å². The molecule has 0 saturated carbocycles. The van der Waals surface area contributed by atoms with Gasteiger partial charge in [0.2, 0.25) is 0 Å². The van der Waals surface area contributed by atoms with Crippen LogP contribution >= 0.6 is 0 Å². The lowest BCUT2D eigenvalue weighted by Crippen LogP contribution is -2.39. The van der Waals surface area contributed by atoms with Gasteiger partial charge >= 0.3 is 5.97 Å². The van der Waals surface area contributed by atoms with Crippen LogP contribution in [0.5, 0.6) is 5.75 Å². The number of esters is 1. The molecule has 0 aromatic heterocycles. The maximum absolute atomic E-state index is 12.4. The second-order valence-electron chi connectivity index (χ2n) is 10.1. The number of hydrogen-bond acceptors (Lipinski definition) is 5. The van der Waals surface area contributed by atoms with Gasteiger partial charge in [0.05, 0.1) is 13.2 Å². The Balaban J connectivity index is 1.87. The molecule has 5 nitrogen and oxygen atoms in total. The largest absolute Gasteiger partial charge is 0.507 e. The molecule has 1 aromatic carbocycles. The second kappa shape index (κ2) is 11.3. The summed E-state index contributed by atoms with van der Waals surface area (Å²) in [7, 11) is 0. The number of phenols is 1. The summed E-state index contributed by atoms with van der Waals surface area (Å²) in [6.07, 6.45) is 5.53. The van der Waals surface area contributed by atoms with Crippen molar-refractivity contribution in [2.24, 2.45) is 10.8 Å². The minimum Gasteiger partial charge on any atom is -0.507 e. The minimum atomic E-state index is -0.420. The number of phenolic OH excluding ortho intramolecular Hbond substituents is 1. The molecule has 31 heavy (non-hydrogen) atoms. The average molecular weight is 435 g/mol. The highest BCUT2D eigenvalue weighted by Crippen LogP contribution is 2.34. The van der Waals surface area contributed by atoms with Crippen molar-refractivity contribution in [3.63, 3.8) is 0 Å². The van der Waals surface area contributed by atoms with E-state index in [1.807, 2.05) is 32.9 Å². The number of aromatic hydroxyl groups is 1. The van der Waals surface area contributed by atoms with Crippen LogP contribution in [-0.4, -0.2) is 37.2 Å². The third-order valence-corrected chi connectivity index (χ3v) is 6.51. The van der Waals surface area contributed by atoms with Gasteiger partial charge in [0.1, 0.15) is 12.4 Å². The molecule has 1 N–H and O–H groups in total. The summed E-state index contributed by atoms with van der Waals surface area (Å²) < 4.78 is 17.6. The monoisotopic (exact) mass is 434 g/mol. The van der Waals surface area contributed by atoms with Crippen LogP contribution in [-0.2, 0) is 31.8 Å². The van der Waals surface area contributed by atoms with Crippen LogP contribution in [0.4, 0.5) is 0 Å². The van der Waals surface area contributed by atoms with Crippen molar-refractivity contribution in [3.05, 3.63) is 28.8 Å². The summed E-state index contributed by atoms with van der Waals surface area (Å²) in [5.74, 6) is 0.157. The first-order chi connectivity index (χ1) is 14.6. The van der Waals surface area contributed by atoms with E-state index in [2.05, 4.69) is 20.8 Å². The zero-order valence-corrected chi connectivity index (χ0v) is 20.4. The first-order valence-electron chi connectivity index (χ1n) is 11.8. The normalized spacial score (nSPS) is 22.2. The van der Waals surface area contributed by atoms with E-state index in [0.717, 1.165) is 48.8 Å². The van der Waals surface area contributed by atoms with Gasteiger partial charge in [-0.25, -0.2) is 0 Å². The third kappa shape index (κ3) is 7.50. The third-order valence-electron chi connectivity index (χ3n) is 6.51. The number of hydrogen-bond donors (Lipinski definition) is 1. The number of benzene rings is 1. The molecule has 0 bridgehead atoms. The van der Waals surface area contributed by atoms with Crippen LogP contribution in [0.25, 0.3) is 0 Å². The number of carbonyl (C=O) groups excluding carboxylic acids is 1. The van der Waals surface area contributed by atoms with Crippen LogP contribution in [0.3, 0.4) is 0 Å². The molecule has 1 aliphatic rings. The van der Waals surface area contributed by atoms with E-state index in [4.69, 9.17) is 14.2 Å². The molecule has 2 rings (SSSR count). The number of ether oxygens (including phenoxy) is 3. The summed E-state index contributed by atoms with van der Waals surface area (Å²) in [4.78, 5) is 12.4. The van der Waals surface area contributed by atoms with E-state index in [-0.39, 0.29) is 24.3 Å². The van der Waals surface area contributed by atoms with Crippen LogP contribution in [0.15, 0.2) is 12.1 Å².